The van der Waals surface area contributed by atoms with Crippen molar-refractivity contribution in [1.82, 2.24) is 5.32 Å². The van der Waals surface area contributed by atoms with Crippen molar-refractivity contribution in [3.8, 4) is 0 Å². The number of hydrogen-bond acceptors (Lipinski definition) is 2. The molecule has 76 valence electrons. The first-order chi connectivity index (χ1) is 6.58. The van der Waals surface area contributed by atoms with Crippen LogP contribution in [-0.2, 0) is 0 Å². The van der Waals surface area contributed by atoms with Crippen molar-refractivity contribution in [2.45, 2.75) is 24.8 Å². The number of amides is 1. The number of hydrogen-bond donors (Lipinski definition) is 1. The zero-order valence-corrected chi connectivity index (χ0v) is 8.90. The normalized spacial score (nSPS) is 10.3. The number of thioether (sulfide) groups is 1. The predicted octanol–water partition coefficient (Wildman–Crippen LogP) is 3.04. The Morgan fingerprint density at radius 1 is 1.36 bits per heavy atom. The summed E-state index contributed by atoms with van der Waals surface area (Å²) in [5.74, 6) is -0.293. The highest BCUT2D eigenvalue weighted by atomic mass is 32.2. The molecule has 1 aromatic rings. The summed E-state index contributed by atoms with van der Waals surface area (Å²) in [5, 5.41) is 2.62. The Bertz CT molecular complexity index is 310. The van der Waals surface area contributed by atoms with Crippen LogP contribution in [0.5, 0.6) is 0 Å². The van der Waals surface area contributed by atoms with E-state index in [4.69, 9.17) is 0 Å². The second-order valence-electron chi connectivity index (χ2n) is 3.14. The Hall–Kier alpha value is -1.03. The maximum absolute atomic E-state index is 12.5. The maximum Gasteiger partial charge on any atom is 0.284 e. The van der Waals surface area contributed by atoms with Gasteiger partial charge in [-0.1, -0.05) is 0 Å². The fourth-order valence-electron chi connectivity index (χ4n) is 0.875. The molecule has 0 aliphatic carbocycles. The highest BCUT2D eigenvalue weighted by molar-refractivity contribution is 8.13. The average molecular weight is 213 g/mol. The summed E-state index contributed by atoms with van der Waals surface area (Å²) in [4.78, 5) is 12.0. The third-order valence-electron chi connectivity index (χ3n) is 1.43. The molecule has 0 heterocycles. The van der Waals surface area contributed by atoms with Gasteiger partial charge in [0.05, 0.1) is 0 Å². The minimum atomic E-state index is -0.293. The highest BCUT2D eigenvalue weighted by Gasteiger charge is 2.05. The molecule has 1 amide bonds. The molecule has 0 saturated heterocycles. The largest absolute Gasteiger partial charge is 0.345 e. The predicted molar refractivity (Wildman–Crippen MR) is 55.9 cm³/mol. The van der Waals surface area contributed by atoms with Crippen LogP contribution in [-0.4, -0.2) is 11.3 Å². The quantitative estimate of drug-likeness (QED) is 0.765. The Kier molecular flexibility index (Phi) is 3.95. The lowest BCUT2D eigenvalue weighted by Gasteiger charge is -2.06. The van der Waals surface area contributed by atoms with Gasteiger partial charge in [-0.2, -0.15) is 0 Å². The van der Waals surface area contributed by atoms with Gasteiger partial charge in [0.2, 0.25) is 0 Å². The molecule has 4 heteroatoms. The number of nitrogens with one attached hydrogen (secondary N) is 1. The first-order valence-electron chi connectivity index (χ1n) is 4.32. The molecule has 0 atom stereocenters. The second kappa shape index (κ2) is 5.00. The van der Waals surface area contributed by atoms with Crippen molar-refractivity contribution in [1.29, 1.82) is 0 Å². The van der Waals surface area contributed by atoms with E-state index in [-0.39, 0.29) is 17.1 Å². The number of halogens is 1. The second-order valence-corrected chi connectivity index (χ2v) is 4.19. The summed E-state index contributed by atoms with van der Waals surface area (Å²) < 4.78 is 12.5. The molecule has 0 unspecified atom stereocenters. The molecular formula is C10H12FNOS. The summed E-state index contributed by atoms with van der Waals surface area (Å²) in [6.45, 7) is 3.78. The third-order valence-corrected chi connectivity index (χ3v) is 2.24. The van der Waals surface area contributed by atoms with Gasteiger partial charge in [0.15, 0.2) is 0 Å². The van der Waals surface area contributed by atoms with E-state index in [1.807, 2.05) is 13.8 Å². The van der Waals surface area contributed by atoms with Gasteiger partial charge in [0.1, 0.15) is 5.82 Å². The molecule has 1 aromatic carbocycles. The van der Waals surface area contributed by atoms with Crippen molar-refractivity contribution in [3.63, 3.8) is 0 Å². The van der Waals surface area contributed by atoms with Crippen LogP contribution in [0.25, 0.3) is 0 Å². The van der Waals surface area contributed by atoms with Crippen LogP contribution in [0.2, 0.25) is 0 Å². The highest BCUT2D eigenvalue weighted by Crippen LogP contribution is 2.18. The monoisotopic (exact) mass is 213 g/mol. The molecule has 1 N–H and O–H groups in total. The lowest BCUT2D eigenvalue weighted by Crippen LogP contribution is -2.26. The minimum absolute atomic E-state index is 0.119. The van der Waals surface area contributed by atoms with Crippen molar-refractivity contribution in [3.05, 3.63) is 30.1 Å². The summed E-state index contributed by atoms with van der Waals surface area (Å²) in [5.41, 5.74) is 0. The van der Waals surface area contributed by atoms with Crippen LogP contribution in [0.15, 0.2) is 29.2 Å². The van der Waals surface area contributed by atoms with E-state index in [1.165, 1.54) is 12.1 Å². The minimum Gasteiger partial charge on any atom is -0.345 e. The van der Waals surface area contributed by atoms with Crippen molar-refractivity contribution in [2.24, 2.45) is 0 Å². The summed E-state index contributed by atoms with van der Waals surface area (Å²) >= 11 is 1.06. The Morgan fingerprint density at radius 2 is 1.93 bits per heavy atom. The number of carbonyl (C=O) groups excluding carboxylic acids is 1. The van der Waals surface area contributed by atoms with E-state index in [1.54, 1.807) is 12.1 Å². The Morgan fingerprint density at radius 3 is 2.43 bits per heavy atom. The zero-order valence-electron chi connectivity index (χ0n) is 8.08. The molecule has 1 rings (SSSR count). The van der Waals surface area contributed by atoms with E-state index >= 15 is 0 Å². The standard InChI is InChI=1S/C10H12FNOS/c1-7(2)12-10(13)14-9-5-3-8(11)4-6-9/h3-7H,1-2H3,(H,12,13). The first-order valence-corrected chi connectivity index (χ1v) is 5.13. The summed E-state index contributed by atoms with van der Waals surface area (Å²) in [6.07, 6.45) is 0. The topological polar surface area (TPSA) is 29.1 Å². The van der Waals surface area contributed by atoms with E-state index in [0.717, 1.165) is 16.7 Å². The third kappa shape index (κ3) is 3.79. The zero-order chi connectivity index (χ0) is 10.6. The molecule has 0 fully saturated rings. The van der Waals surface area contributed by atoms with E-state index in [2.05, 4.69) is 5.32 Å². The molecule has 0 aromatic heterocycles. The summed E-state index contributed by atoms with van der Waals surface area (Å²) in [6, 6.07) is 5.96. The van der Waals surface area contributed by atoms with Gasteiger partial charge in [0.25, 0.3) is 5.24 Å². The van der Waals surface area contributed by atoms with Crippen LogP contribution in [0, 0.1) is 5.82 Å². The van der Waals surface area contributed by atoms with Crippen molar-refractivity contribution < 1.29 is 9.18 Å². The van der Waals surface area contributed by atoms with Gasteiger partial charge in [0, 0.05) is 10.9 Å². The average Bonchev–Trinajstić information content (AvgIpc) is 2.07. The van der Waals surface area contributed by atoms with Crippen LogP contribution in [0.1, 0.15) is 13.8 Å². The molecule has 0 saturated carbocycles. The van der Waals surface area contributed by atoms with Crippen molar-refractivity contribution >= 4 is 17.0 Å². The van der Waals surface area contributed by atoms with Gasteiger partial charge < -0.3 is 5.32 Å². The Labute approximate surface area is 86.9 Å². The molecule has 0 radical (unpaired) electrons. The van der Waals surface area contributed by atoms with Crippen LogP contribution in [0.3, 0.4) is 0 Å². The molecule has 2 nitrogen and oxygen atoms in total. The van der Waals surface area contributed by atoms with Gasteiger partial charge in [-0.05, 0) is 49.9 Å². The number of carbonyl (C=O) groups is 1. The van der Waals surface area contributed by atoms with E-state index in [0.29, 0.717) is 0 Å². The van der Waals surface area contributed by atoms with Gasteiger partial charge in [-0.25, -0.2) is 4.39 Å². The van der Waals surface area contributed by atoms with Crippen molar-refractivity contribution in [2.75, 3.05) is 0 Å². The first kappa shape index (κ1) is 11.0. The van der Waals surface area contributed by atoms with Gasteiger partial charge in [-0.3, -0.25) is 4.79 Å². The van der Waals surface area contributed by atoms with E-state index in [9.17, 15) is 9.18 Å². The lowest BCUT2D eigenvalue weighted by atomic mass is 10.4. The molecule has 0 aliphatic rings. The summed E-state index contributed by atoms with van der Waals surface area (Å²) in [7, 11) is 0. The number of rotatable bonds is 2. The lowest BCUT2D eigenvalue weighted by molar-refractivity contribution is 0.259. The number of benzene rings is 1. The molecule has 0 aliphatic heterocycles. The fourth-order valence-corrected chi connectivity index (χ4v) is 1.66. The van der Waals surface area contributed by atoms with Gasteiger partial charge >= 0.3 is 0 Å². The maximum atomic E-state index is 12.5. The molecule has 0 spiro atoms. The fraction of sp³-hybridized carbons (Fsp3) is 0.300. The van der Waals surface area contributed by atoms with Crippen LogP contribution in [0.4, 0.5) is 9.18 Å². The molecular weight excluding hydrogens is 201 g/mol. The molecule has 14 heavy (non-hydrogen) atoms. The van der Waals surface area contributed by atoms with E-state index < -0.39 is 0 Å². The Balaban J connectivity index is 2.52. The van der Waals surface area contributed by atoms with Gasteiger partial charge in [-0.15, -0.1) is 0 Å². The smallest absolute Gasteiger partial charge is 0.284 e. The van der Waals surface area contributed by atoms with Crippen LogP contribution >= 0.6 is 11.8 Å². The molecule has 0 bridgehead atoms. The SMILES string of the molecule is CC(C)NC(=O)Sc1ccc(F)cc1. The van der Waals surface area contributed by atoms with Crippen LogP contribution < -0.4 is 5.32 Å².